The van der Waals surface area contributed by atoms with Crippen molar-refractivity contribution in [1.29, 1.82) is 0 Å². The molecule has 0 saturated carbocycles. The van der Waals surface area contributed by atoms with Gasteiger partial charge in [-0.1, -0.05) is 38.3 Å². The van der Waals surface area contributed by atoms with Gasteiger partial charge in [-0.2, -0.15) is 0 Å². The lowest BCUT2D eigenvalue weighted by Crippen LogP contribution is -2.03. The lowest BCUT2D eigenvalue weighted by Gasteiger charge is -2.05. The summed E-state index contributed by atoms with van der Waals surface area (Å²) in [6, 6.07) is 8.12. The standard InChI is InChI=1S/C13H19N3/c1-2-3-4-7-10-16-12-9-6-5-8-11(12)15-13(16)14/h5-6,8-9H,2-4,7,10H2,1H3,(H2,14,15). The average Bonchev–Trinajstić information content (AvgIpc) is 2.61. The number of anilines is 1. The van der Waals surface area contributed by atoms with Gasteiger partial charge in [0.05, 0.1) is 11.0 Å². The Bertz CT molecular complexity index is 459. The van der Waals surface area contributed by atoms with Crippen molar-refractivity contribution in [1.82, 2.24) is 9.55 Å². The number of hydrogen-bond donors (Lipinski definition) is 1. The molecule has 2 rings (SSSR count). The Kier molecular flexibility index (Phi) is 3.44. The van der Waals surface area contributed by atoms with Crippen molar-refractivity contribution in [3.05, 3.63) is 24.3 Å². The number of unbranched alkanes of at least 4 members (excludes halogenated alkanes) is 3. The van der Waals surface area contributed by atoms with Gasteiger partial charge < -0.3 is 10.3 Å². The lowest BCUT2D eigenvalue weighted by atomic mass is 10.2. The van der Waals surface area contributed by atoms with Gasteiger partial charge in [0.25, 0.3) is 0 Å². The number of para-hydroxylation sites is 2. The second kappa shape index (κ2) is 5.01. The quantitative estimate of drug-likeness (QED) is 0.781. The molecule has 3 nitrogen and oxygen atoms in total. The first-order valence-electron chi connectivity index (χ1n) is 6.03. The number of rotatable bonds is 5. The molecular formula is C13H19N3. The highest BCUT2D eigenvalue weighted by molar-refractivity contribution is 5.78. The van der Waals surface area contributed by atoms with Crippen LogP contribution < -0.4 is 5.73 Å². The van der Waals surface area contributed by atoms with Crippen LogP contribution in [0.25, 0.3) is 11.0 Å². The molecular weight excluding hydrogens is 198 g/mol. The number of nitrogens with zero attached hydrogens (tertiary/aromatic N) is 2. The molecule has 2 N–H and O–H groups in total. The van der Waals surface area contributed by atoms with Crippen LogP contribution in [0.1, 0.15) is 32.6 Å². The molecule has 0 atom stereocenters. The van der Waals surface area contributed by atoms with E-state index in [1.807, 2.05) is 18.2 Å². The second-order valence-electron chi connectivity index (χ2n) is 4.17. The number of fused-ring (bicyclic) bond motifs is 1. The van der Waals surface area contributed by atoms with E-state index in [9.17, 15) is 0 Å². The van der Waals surface area contributed by atoms with Crippen LogP contribution in [0.2, 0.25) is 0 Å². The summed E-state index contributed by atoms with van der Waals surface area (Å²) >= 11 is 0. The van der Waals surface area contributed by atoms with Crippen LogP contribution in [0.4, 0.5) is 5.95 Å². The topological polar surface area (TPSA) is 43.8 Å². The van der Waals surface area contributed by atoms with Crippen molar-refractivity contribution in [2.45, 2.75) is 39.2 Å². The molecule has 0 unspecified atom stereocenters. The Labute approximate surface area is 96.3 Å². The molecule has 0 saturated heterocycles. The minimum atomic E-state index is 0.637. The van der Waals surface area contributed by atoms with Crippen LogP contribution in [0.5, 0.6) is 0 Å². The highest BCUT2D eigenvalue weighted by Gasteiger charge is 2.05. The number of aromatic nitrogens is 2. The molecule has 0 aliphatic carbocycles. The Morgan fingerprint density at radius 1 is 1.19 bits per heavy atom. The third-order valence-electron chi connectivity index (χ3n) is 2.92. The van der Waals surface area contributed by atoms with Gasteiger partial charge in [0.1, 0.15) is 0 Å². The van der Waals surface area contributed by atoms with Crippen LogP contribution in [0.3, 0.4) is 0 Å². The van der Waals surface area contributed by atoms with Gasteiger partial charge in [-0.25, -0.2) is 4.98 Å². The molecule has 0 spiro atoms. The summed E-state index contributed by atoms with van der Waals surface area (Å²) in [6.45, 7) is 3.20. The zero-order chi connectivity index (χ0) is 11.4. The summed E-state index contributed by atoms with van der Waals surface area (Å²) in [5, 5.41) is 0. The maximum atomic E-state index is 5.92. The largest absolute Gasteiger partial charge is 0.369 e. The maximum absolute atomic E-state index is 5.92. The van der Waals surface area contributed by atoms with E-state index in [0.717, 1.165) is 17.6 Å². The minimum Gasteiger partial charge on any atom is -0.369 e. The lowest BCUT2D eigenvalue weighted by molar-refractivity contribution is 0.595. The number of hydrogen-bond acceptors (Lipinski definition) is 2. The van der Waals surface area contributed by atoms with Crippen molar-refractivity contribution in [2.24, 2.45) is 0 Å². The van der Waals surface area contributed by atoms with E-state index in [1.165, 1.54) is 25.7 Å². The minimum absolute atomic E-state index is 0.637. The molecule has 0 radical (unpaired) electrons. The van der Waals surface area contributed by atoms with Crippen LogP contribution >= 0.6 is 0 Å². The molecule has 0 aliphatic rings. The monoisotopic (exact) mass is 217 g/mol. The van der Waals surface area contributed by atoms with Crippen molar-refractivity contribution in [2.75, 3.05) is 5.73 Å². The Morgan fingerprint density at radius 3 is 2.81 bits per heavy atom. The predicted octanol–water partition coefficient (Wildman–Crippen LogP) is 3.20. The van der Waals surface area contributed by atoms with Crippen LogP contribution in [0.15, 0.2) is 24.3 Å². The normalized spacial score (nSPS) is 11.1. The van der Waals surface area contributed by atoms with Crippen LogP contribution in [0, 0.1) is 0 Å². The number of benzene rings is 1. The van der Waals surface area contributed by atoms with Gasteiger partial charge in [0, 0.05) is 6.54 Å². The van der Waals surface area contributed by atoms with Gasteiger partial charge >= 0.3 is 0 Å². The fraction of sp³-hybridized carbons (Fsp3) is 0.462. The summed E-state index contributed by atoms with van der Waals surface area (Å²) < 4.78 is 2.12. The zero-order valence-corrected chi connectivity index (χ0v) is 9.82. The molecule has 16 heavy (non-hydrogen) atoms. The summed E-state index contributed by atoms with van der Waals surface area (Å²) in [7, 11) is 0. The first-order chi connectivity index (χ1) is 7.83. The first kappa shape index (κ1) is 11.0. The summed E-state index contributed by atoms with van der Waals surface area (Å²) in [5.74, 6) is 0.637. The fourth-order valence-corrected chi connectivity index (χ4v) is 2.03. The molecule has 0 fully saturated rings. The maximum Gasteiger partial charge on any atom is 0.201 e. The van der Waals surface area contributed by atoms with Crippen molar-refractivity contribution >= 4 is 17.0 Å². The van der Waals surface area contributed by atoms with E-state index in [1.54, 1.807) is 0 Å². The van der Waals surface area contributed by atoms with Crippen molar-refractivity contribution in [3.63, 3.8) is 0 Å². The third-order valence-corrected chi connectivity index (χ3v) is 2.92. The third kappa shape index (κ3) is 2.18. The smallest absolute Gasteiger partial charge is 0.201 e. The molecule has 0 bridgehead atoms. The van der Waals surface area contributed by atoms with Gasteiger partial charge in [-0.05, 0) is 18.6 Å². The predicted molar refractivity (Wildman–Crippen MR) is 68.3 cm³/mol. The first-order valence-corrected chi connectivity index (χ1v) is 6.03. The van der Waals surface area contributed by atoms with E-state index in [2.05, 4.69) is 22.5 Å². The Hall–Kier alpha value is -1.51. The van der Waals surface area contributed by atoms with E-state index < -0.39 is 0 Å². The number of nitrogens with two attached hydrogens (primary N) is 1. The molecule has 0 aliphatic heterocycles. The Morgan fingerprint density at radius 2 is 2.00 bits per heavy atom. The molecule has 1 aromatic carbocycles. The zero-order valence-electron chi connectivity index (χ0n) is 9.82. The van der Waals surface area contributed by atoms with E-state index >= 15 is 0 Å². The molecule has 1 aromatic heterocycles. The van der Waals surface area contributed by atoms with Crippen LogP contribution in [-0.2, 0) is 6.54 Å². The average molecular weight is 217 g/mol. The molecule has 1 heterocycles. The summed E-state index contributed by atoms with van der Waals surface area (Å²) in [5.41, 5.74) is 8.07. The fourth-order valence-electron chi connectivity index (χ4n) is 2.03. The highest BCUT2D eigenvalue weighted by atomic mass is 15.1. The highest BCUT2D eigenvalue weighted by Crippen LogP contribution is 2.18. The second-order valence-corrected chi connectivity index (χ2v) is 4.17. The van der Waals surface area contributed by atoms with Crippen LogP contribution in [-0.4, -0.2) is 9.55 Å². The SMILES string of the molecule is CCCCCCn1c(N)nc2ccccc21. The number of nitrogen functional groups attached to an aromatic ring is 1. The summed E-state index contributed by atoms with van der Waals surface area (Å²) in [6.07, 6.45) is 5.01. The summed E-state index contributed by atoms with van der Waals surface area (Å²) in [4.78, 5) is 4.35. The van der Waals surface area contributed by atoms with E-state index in [4.69, 9.17) is 5.73 Å². The number of aryl methyl sites for hydroxylation is 1. The van der Waals surface area contributed by atoms with Crippen molar-refractivity contribution < 1.29 is 0 Å². The van der Waals surface area contributed by atoms with Gasteiger partial charge in [0.15, 0.2) is 0 Å². The Balaban J connectivity index is 2.13. The van der Waals surface area contributed by atoms with E-state index in [0.29, 0.717) is 5.95 Å². The molecule has 3 heteroatoms. The van der Waals surface area contributed by atoms with E-state index in [-0.39, 0.29) is 0 Å². The van der Waals surface area contributed by atoms with Gasteiger partial charge in [0.2, 0.25) is 5.95 Å². The van der Waals surface area contributed by atoms with Crippen molar-refractivity contribution in [3.8, 4) is 0 Å². The number of imidazole rings is 1. The van der Waals surface area contributed by atoms with Gasteiger partial charge in [-0.15, -0.1) is 0 Å². The van der Waals surface area contributed by atoms with Gasteiger partial charge in [-0.3, -0.25) is 0 Å². The molecule has 2 aromatic rings. The molecule has 0 amide bonds. The molecule has 86 valence electrons.